The summed E-state index contributed by atoms with van der Waals surface area (Å²) in [5, 5.41) is 6.37. The molecule has 236 valence electrons. The summed E-state index contributed by atoms with van der Waals surface area (Å²) in [7, 11) is 0. The van der Waals surface area contributed by atoms with Gasteiger partial charge in [-0.1, -0.05) is 13.8 Å². The van der Waals surface area contributed by atoms with E-state index in [-0.39, 0.29) is 35.2 Å². The summed E-state index contributed by atoms with van der Waals surface area (Å²) in [5.74, 6) is -2.50. The third-order valence-corrected chi connectivity index (χ3v) is 6.80. The molecule has 0 bridgehead atoms. The normalized spacial score (nSPS) is 15.3. The number of nitrogens with one attached hydrogen (secondary N) is 2. The van der Waals surface area contributed by atoms with Crippen LogP contribution < -0.4 is 25.8 Å². The highest BCUT2D eigenvalue weighted by Crippen LogP contribution is 2.44. The van der Waals surface area contributed by atoms with Gasteiger partial charge in [-0.2, -0.15) is 23.1 Å². The summed E-state index contributed by atoms with van der Waals surface area (Å²) in [6.07, 6.45) is -1.24. The highest BCUT2D eigenvalue weighted by molar-refractivity contribution is 5.96. The molecule has 0 saturated heterocycles. The molecule has 0 saturated carbocycles. The molecule has 0 fully saturated rings. The van der Waals surface area contributed by atoms with Crippen molar-refractivity contribution in [1.29, 1.82) is 0 Å². The Bertz CT molecular complexity index is 1600. The quantitative estimate of drug-likeness (QED) is 0.180. The molecule has 1 aliphatic heterocycles. The van der Waals surface area contributed by atoms with Crippen molar-refractivity contribution < 1.29 is 31.4 Å². The Balaban J connectivity index is 0.00000216. The zero-order chi connectivity index (χ0) is 32.0. The summed E-state index contributed by atoms with van der Waals surface area (Å²) in [6, 6.07) is 4.13. The first-order chi connectivity index (χ1) is 21.0. The topological polar surface area (TPSA) is 120 Å². The summed E-state index contributed by atoms with van der Waals surface area (Å²) < 4.78 is 85.3. The fraction of sp³-hybridized carbons (Fsp3) is 0.400. The van der Waals surface area contributed by atoms with Crippen LogP contribution >= 0.6 is 0 Å². The van der Waals surface area contributed by atoms with Gasteiger partial charge in [-0.15, -0.1) is 0 Å². The lowest BCUT2D eigenvalue weighted by Gasteiger charge is -2.21. The number of rotatable bonds is 5. The summed E-state index contributed by atoms with van der Waals surface area (Å²) in [4.78, 5) is 16.8. The summed E-state index contributed by atoms with van der Waals surface area (Å²) >= 11 is 0. The van der Waals surface area contributed by atoms with Crippen molar-refractivity contribution in [3.05, 3.63) is 58.9 Å². The van der Waals surface area contributed by atoms with E-state index in [1.54, 1.807) is 19.3 Å². The second-order valence-corrected chi connectivity index (χ2v) is 9.83. The molecule has 3 aromatic heterocycles. The number of nitrogens with two attached hydrogens (primary N) is 1. The zero-order valence-electron chi connectivity index (χ0n) is 24.8. The lowest BCUT2D eigenvalue weighted by Crippen LogP contribution is -2.26. The number of hydrogen-bond donors (Lipinski definition) is 3. The molecule has 0 spiro atoms. The van der Waals surface area contributed by atoms with E-state index in [1.807, 2.05) is 26.0 Å². The predicted octanol–water partition coefficient (Wildman–Crippen LogP) is 6.09. The molecule has 0 aliphatic carbocycles. The minimum atomic E-state index is -5.05. The van der Waals surface area contributed by atoms with Gasteiger partial charge >= 0.3 is 12.2 Å². The Kier molecular flexibility index (Phi) is 10.3. The van der Waals surface area contributed by atoms with Crippen LogP contribution in [0, 0.1) is 18.6 Å². The SMILES string of the molecule is CC.Cc1c(F)c(N)cc(-c2nc3c4c(nc(OCCc5ccncc5)nc4c2F)NCCNCCC(C)O3)c1C(F)(F)F. The molecule has 0 amide bonds. The van der Waals surface area contributed by atoms with Gasteiger partial charge in [0.15, 0.2) is 5.82 Å². The molecule has 1 aromatic carbocycles. The van der Waals surface area contributed by atoms with E-state index < -0.39 is 52.0 Å². The number of pyridine rings is 2. The van der Waals surface area contributed by atoms with E-state index in [0.29, 0.717) is 32.5 Å². The molecule has 4 N–H and O–H groups in total. The number of anilines is 2. The van der Waals surface area contributed by atoms with Gasteiger partial charge < -0.3 is 25.8 Å². The average molecular weight is 620 g/mol. The maximum Gasteiger partial charge on any atom is 0.417 e. The Morgan fingerprint density at radius 1 is 1.05 bits per heavy atom. The number of alkyl halides is 3. The average Bonchev–Trinajstić information content (AvgIpc) is 3.02. The monoisotopic (exact) mass is 619 g/mol. The molecule has 14 heteroatoms. The van der Waals surface area contributed by atoms with Gasteiger partial charge in [0.05, 0.1) is 24.0 Å². The molecule has 1 unspecified atom stereocenters. The molecule has 1 atom stereocenters. The van der Waals surface area contributed by atoms with E-state index in [2.05, 4.69) is 30.6 Å². The van der Waals surface area contributed by atoms with Crippen LogP contribution in [0.5, 0.6) is 11.9 Å². The largest absolute Gasteiger partial charge is 0.474 e. The van der Waals surface area contributed by atoms with Crippen molar-refractivity contribution >= 4 is 22.4 Å². The third kappa shape index (κ3) is 7.07. The van der Waals surface area contributed by atoms with E-state index in [0.717, 1.165) is 18.6 Å². The van der Waals surface area contributed by atoms with Gasteiger partial charge in [0.1, 0.15) is 28.2 Å². The lowest BCUT2D eigenvalue weighted by atomic mass is 9.96. The molecule has 0 radical (unpaired) electrons. The Morgan fingerprint density at radius 3 is 2.48 bits per heavy atom. The number of aromatic nitrogens is 4. The number of nitrogen functional groups attached to an aromatic ring is 1. The molecular weight excluding hydrogens is 585 g/mol. The Hall–Kier alpha value is -4.33. The van der Waals surface area contributed by atoms with Crippen molar-refractivity contribution in [3.8, 4) is 23.1 Å². The molecule has 1 aliphatic rings. The number of benzene rings is 1. The van der Waals surface area contributed by atoms with Gasteiger partial charge in [0.2, 0.25) is 5.88 Å². The number of ether oxygens (including phenoxy) is 2. The van der Waals surface area contributed by atoms with E-state index in [1.165, 1.54) is 0 Å². The van der Waals surface area contributed by atoms with Crippen LogP contribution in [0.25, 0.3) is 22.2 Å². The van der Waals surface area contributed by atoms with Gasteiger partial charge in [-0.3, -0.25) is 4.98 Å². The van der Waals surface area contributed by atoms with Crippen molar-refractivity contribution in [2.45, 2.75) is 52.8 Å². The van der Waals surface area contributed by atoms with E-state index >= 15 is 4.39 Å². The fourth-order valence-electron chi connectivity index (χ4n) is 4.71. The Labute approximate surface area is 251 Å². The Morgan fingerprint density at radius 2 is 1.77 bits per heavy atom. The number of halogens is 5. The highest BCUT2D eigenvalue weighted by atomic mass is 19.4. The maximum atomic E-state index is 16.4. The van der Waals surface area contributed by atoms with Crippen LogP contribution in [0.2, 0.25) is 0 Å². The smallest absolute Gasteiger partial charge is 0.417 e. The van der Waals surface area contributed by atoms with Crippen molar-refractivity contribution in [1.82, 2.24) is 25.3 Å². The molecule has 4 heterocycles. The molecule has 4 aromatic rings. The lowest BCUT2D eigenvalue weighted by molar-refractivity contribution is -0.137. The first kappa shape index (κ1) is 32.6. The van der Waals surface area contributed by atoms with E-state index in [4.69, 9.17) is 15.2 Å². The first-order valence-corrected chi connectivity index (χ1v) is 14.2. The fourth-order valence-corrected chi connectivity index (χ4v) is 4.71. The third-order valence-electron chi connectivity index (χ3n) is 6.80. The standard InChI is InChI=1S/C28H28F5N7O2.C2H6/c1-14-3-7-36-10-11-37-25-19-24(39-27(40-25)41-12-6-16-4-8-35-9-5-16)22(30)23(38-26(19)42-14)17-13-18(34)21(29)15(2)20(17)28(31,32)33;1-2/h4-5,8-9,13-14,36H,3,6-7,10-12,34H2,1-2H3,(H,37,39,40);1-2H3. The van der Waals surface area contributed by atoms with E-state index in [9.17, 15) is 17.6 Å². The highest BCUT2D eigenvalue weighted by Gasteiger charge is 2.39. The van der Waals surface area contributed by atoms with Crippen LogP contribution in [-0.4, -0.2) is 52.3 Å². The van der Waals surface area contributed by atoms with Crippen LogP contribution in [0.4, 0.5) is 33.5 Å². The predicted molar refractivity (Wildman–Crippen MR) is 158 cm³/mol. The van der Waals surface area contributed by atoms with Crippen molar-refractivity contribution in [2.75, 3.05) is 37.3 Å². The van der Waals surface area contributed by atoms with Crippen LogP contribution in [0.15, 0.2) is 30.6 Å². The van der Waals surface area contributed by atoms with Crippen LogP contribution in [0.1, 0.15) is 43.9 Å². The maximum absolute atomic E-state index is 16.4. The molecule has 9 nitrogen and oxygen atoms in total. The number of hydrogen-bond acceptors (Lipinski definition) is 9. The second-order valence-electron chi connectivity index (χ2n) is 9.83. The molecule has 44 heavy (non-hydrogen) atoms. The van der Waals surface area contributed by atoms with Crippen molar-refractivity contribution in [3.63, 3.8) is 0 Å². The van der Waals surface area contributed by atoms with Crippen molar-refractivity contribution in [2.24, 2.45) is 0 Å². The van der Waals surface area contributed by atoms with Gasteiger partial charge in [-0.25, -0.2) is 13.8 Å². The van der Waals surface area contributed by atoms with Gasteiger partial charge in [0.25, 0.3) is 0 Å². The molecular formula is C30H34F5N7O2. The van der Waals surface area contributed by atoms with Gasteiger partial charge in [-0.05, 0) is 56.1 Å². The summed E-state index contributed by atoms with van der Waals surface area (Å²) in [6.45, 7) is 8.31. The minimum Gasteiger partial charge on any atom is -0.474 e. The van der Waals surface area contributed by atoms with Crippen LogP contribution in [0.3, 0.4) is 0 Å². The van der Waals surface area contributed by atoms with Gasteiger partial charge in [0, 0.05) is 37.5 Å². The summed E-state index contributed by atoms with van der Waals surface area (Å²) in [5.41, 5.74) is 2.00. The van der Waals surface area contributed by atoms with Crippen LogP contribution in [-0.2, 0) is 12.6 Å². The number of nitrogens with zero attached hydrogens (tertiary/aromatic N) is 4. The first-order valence-electron chi connectivity index (χ1n) is 14.2. The molecule has 5 rings (SSSR count). The zero-order valence-corrected chi connectivity index (χ0v) is 24.8. The minimum absolute atomic E-state index is 0.0341. The second kappa shape index (κ2) is 14.0.